The lowest BCUT2D eigenvalue weighted by molar-refractivity contribution is 0.281. The van der Waals surface area contributed by atoms with Crippen molar-refractivity contribution in [3.63, 3.8) is 0 Å². The molecule has 3 nitrogen and oxygen atoms in total. The van der Waals surface area contributed by atoms with Gasteiger partial charge in [0.05, 0.1) is 11.4 Å². The maximum Gasteiger partial charge on any atom is 0.129 e. The highest BCUT2D eigenvalue weighted by molar-refractivity contribution is 5.79. The molecule has 1 fully saturated rings. The van der Waals surface area contributed by atoms with Crippen LogP contribution in [0.1, 0.15) is 31.5 Å². The van der Waals surface area contributed by atoms with Crippen molar-refractivity contribution in [1.29, 1.82) is 0 Å². The number of fused-ring (bicyclic) bond motifs is 2. The zero-order valence-corrected chi connectivity index (χ0v) is 14.4. The minimum atomic E-state index is 0.585. The van der Waals surface area contributed by atoms with Crippen LogP contribution in [0, 0.1) is 5.92 Å². The minimum Gasteiger partial charge on any atom is -0.321 e. The fourth-order valence-corrected chi connectivity index (χ4v) is 4.42. The summed E-state index contributed by atoms with van der Waals surface area (Å²) in [5.41, 5.74) is 8.51. The van der Waals surface area contributed by atoms with E-state index in [1.807, 2.05) is 0 Å². The van der Waals surface area contributed by atoms with Gasteiger partial charge in [-0.2, -0.15) is 0 Å². The van der Waals surface area contributed by atoms with E-state index in [0.29, 0.717) is 6.04 Å². The molecule has 2 atom stereocenters. The molecule has 0 saturated heterocycles. The molecule has 5 rings (SSSR count). The van der Waals surface area contributed by atoms with E-state index in [1.165, 1.54) is 48.3 Å². The van der Waals surface area contributed by atoms with Crippen LogP contribution in [0.3, 0.4) is 0 Å². The molecule has 25 heavy (non-hydrogen) atoms. The Labute approximate surface area is 148 Å². The van der Waals surface area contributed by atoms with Crippen molar-refractivity contribution in [3.8, 4) is 22.5 Å². The third-order valence-corrected chi connectivity index (χ3v) is 5.69. The van der Waals surface area contributed by atoms with Gasteiger partial charge in [-0.15, -0.1) is 0 Å². The number of nitrogens with one attached hydrogen (secondary N) is 1. The lowest BCUT2D eigenvalue weighted by Gasteiger charge is -2.37. The van der Waals surface area contributed by atoms with E-state index in [9.17, 15) is 0 Å². The van der Waals surface area contributed by atoms with Crippen molar-refractivity contribution < 1.29 is 0 Å². The molecule has 0 bridgehead atoms. The first-order valence-corrected chi connectivity index (χ1v) is 9.39. The zero-order chi connectivity index (χ0) is 16.6. The number of nitrogens with zero attached hydrogens (tertiary/aromatic N) is 2. The van der Waals surface area contributed by atoms with Crippen LogP contribution < -0.4 is 5.43 Å². The van der Waals surface area contributed by atoms with Gasteiger partial charge in [-0.3, -0.25) is 0 Å². The Hall–Kier alpha value is -2.55. The fraction of sp³-hybridized carbons (Fsp3) is 0.318. The summed E-state index contributed by atoms with van der Waals surface area (Å²) in [5.74, 6) is 1.91. The maximum absolute atomic E-state index is 5.09. The van der Waals surface area contributed by atoms with Gasteiger partial charge in [0.1, 0.15) is 5.82 Å². The topological polar surface area (TPSA) is 29.9 Å². The normalized spacial score (nSPS) is 21.9. The quantitative estimate of drug-likeness (QED) is 0.726. The molecule has 3 heteroatoms. The van der Waals surface area contributed by atoms with E-state index in [1.54, 1.807) is 0 Å². The van der Waals surface area contributed by atoms with Crippen molar-refractivity contribution in [1.82, 2.24) is 9.66 Å². The summed E-state index contributed by atoms with van der Waals surface area (Å²) in [5, 5.41) is 0. The molecule has 0 amide bonds. The molecule has 3 aromatic rings. The predicted molar refractivity (Wildman–Crippen MR) is 102 cm³/mol. The van der Waals surface area contributed by atoms with E-state index in [-0.39, 0.29) is 0 Å². The smallest absolute Gasteiger partial charge is 0.129 e. The molecule has 1 aliphatic heterocycles. The molecule has 1 saturated carbocycles. The molecule has 2 unspecified atom stereocenters. The summed E-state index contributed by atoms with van der Waals surface area (Å²) in [6.45, 7) is 0. The van der Waals surface area contributed by atoms with Gasteiger partial charge in [-0.1, -0.05) is 73.5 Å². The lowest BCUT2D eigenvalue weighted by Crippen LogP contribution is -2.43. The third-order valence-electron chi connectivity index (χ3n) is 5.69. The van der Waals surface area contributed by atoms with Gasteiger partial charge in [0.25, 0.3) is 0 Å². The monoisotopic (exact) mass is 329 g/mol. The fourth-order valence-electron chi connectivity index (χ4n) is 4.42. The van der Waals surface area contributed by atoms with E-state index in [0.717, 1.165) is 18.0 Å². The van der Waals surface area contributed by atoms with Gasteiger partial charge in [-0.05, 0) is 18.8 Å². The van der Waals surface area contributed by atoms with Crippen molar-refractivity contribution in [2.24, 2.45) is 5.92 Å². The second-order valence-electron chi connectivity index (χ2n) is 7.28. The summed E-state index contributed by atoms with van der Waals surface area (Å²) >= 11 is 0. The average molecular weight is 329 g/mol. The first-order chi connectivity index (χ1) is 12.4. The van der Waals surface area contributed by atoms with E-state index in [4.69, 9.17) is 4.98 Å². The zero-order valence-electron chi connectivity index (χ0n) is 14.4. The van der Waals surface area contributed by atoms with Crippen molar-refractivity contribution in [2.45, 2.75) is 38.1 Å². The molecule has 2 aliphatic rings. The second kappa shape index (κ2) is 6.07. The van der Waals surface area contributed by atoms with Gasteiger partial charge in [0, 0.05) is 23.6 Å². The van der Waals surface area contributed by atoms with Gasteiger partial charge in [0.15, 0.2) is 0 Å². The summed E-state index contributed by atoms with van der Waals surface area (Å²) in [4.78, 5) is 5.09. The first kappa shape index (κ1) is 14.8. The number of hydrogen-bond donors (Lipinski definition) is 1. The van der Waals surface area contributed by atoms with Crippen molar-refractivity contribution in [3.05, 3.63) is 66.5 Å². The molecular formula is C22H23N3. The lowest BCUT2D eigenvalue weighted by atomic mass is 9.82. The number of benzene rings is 2. The van der Waals surface area contributed by atoms with Crippen LogP contribution in [0.15, 0.2) is 60.7 Å². The molecule has 1 N–H and O–H groups in total. The largest absolute Gasteiger partial charge is 0.321 e. The van der Waals surface area contributed by atoms with Crippen LogP contribution in [-0.2, 0) is 6.42 Å². The Morgan fingerprint density at radius 2 is 1.52 bits per heavy atom. The summed E-state index contributed by atoms with van der Waals surface area (Å²) in [6.07, 6.45) is 6.39. The molecule has 2 heterocycles. The van der Waals surface area contributed by atoms with Gasteiger partial charge in [-0.25, -0.2) is 9.66 Å². The summed E-state index contributed by atoms with van der Waals surface area (Å²) < 4.78 is 2.28. The standard InChI is InChI=1S/C22H23N3/c1-3-9-16(10-4-1)21-22(17-11-5-2-6-12-17)25-20(23-21)15-18-13-7-8-14-19(18)24-25/h1-6,9-12,18-19,24H,7-8,13-15H2. The molecule has 0 spiro atoms. The molecular weight excluding hydrogens is 306 g/mol. The number of imidazole rings is 1. The highest BCUT2D eigenvalue weighted by Gasteiger charge is 2.33. The SMILES string of the molecule is c1ccc(-c2nc3n(c2-c2ccccc2)NC2CCCCC2C3)cc1. The Balaban J connectivity index is 1.68. The molecule has 0 radical (unpaired) electrons. The summed E-state index contributed by atoms with van der Waals surface area (Å²) in [6, 6.07) is 21.8. The van der Waals surface area contributed by atoms with Gasteiger partial charge >= 0.3 is 0 Å². The van der Waals surface area contributed by atoms with E-state index < -0.39 is 0 Å². The van der Waals surface area contributed by atoms with Crippen LogP contribution in [0.25, 0.3) is 22.5 Å². The molecule has 1 aromatic heterocycles. The number of aromatic nitrogens is 2. The second-order valence-corrected chi connectivity index (χ2v) is 7.28. The summed E-state index contributed by atoms with van der Waals surface area (Å²) in [7, 11) is 0. The van der Waals surface area contributed by atoms with Gasteiger partial charge in [0.2, 0.25) is 0 Å². The number of rotatable bonds is 2. The van der Waals surface area contributed by atoms with Crippen LogP contribution in [0.5, 0.6) is 0 Å². The Morgan fingerprint density at radius 1 is 0.840 bits per heavy atom. The van der Waals surface area contributed by atoms with E-state index in [2.05, 4.69) is 70.8 Å². The molecule has 1 aliphatic carbocycles. The van der Waals surface area contributed by atoms with Crippen LogP contribution in [-0.4, -0.2) is 15.7 Å². The Morgan fingerprint density at radius 3 is 2.28 bits per heavy atom. The first-order valence-electron chi connectivity index (χ1n) is 9.39. The van der Waals surface area contributed by atoms with Gasteiger partial charge < -0.3 is 5.43 Å². The van der Waals surface area contributed by atoms with Crippen molar-refractivity contribution >= 4 is 0 Å². The highest BCUT2D eigenvalue weighted by Crippen LogP contribution is 2.38. The number of hydrogen-bond acceptors (Lipinski definition) is 2. The van der Waals surface area contributed by atoms with Crippen LogP contribution >= 0.6 is 0 Å². The van der Waals surface area contributed by atoms with Crippen LogP contribution in [0.2, 0.25) is 0 Å². The predicted octanol–water partition coefficient (Wildman–Crippen LogP) is 4.88. The minimum absolute atomic E-state index is 0.585. The molecule has 2 aromatic carbocycles. The third kappa shape index (κ3) is 2.55. The maximum atomic E-state index is 5.09. The van der Waals surface area contributed by atoms with Crippen LogP contribution in [0.4, 0.5) is 0 Å². The Kier molecular flexibility index (Phi) is 3.58. The van der Waals surface area contributed by atoms with E-state index >= 15 is 0 Å². The molecule has 126 valence electrons. The highest BCUT2D eigenvalue weighted by atomic mass is 15.5. The van der Waals surface area contributed by atoms with Crippen molar-refractivity contribution in [2.75, 3.05) is 5.43 Å². The Bertz CT molecular complexity index is 867. The average Bonchev–Trinajstić information content (AvgIpc) is 3.06.